The fourth-order valence-electron chi connectivity index (χ4n) is 10.7. The number of ether oxygens (including phenoxy) is 4. The molecule has 1 aromatic rings. The SMILES string of the molecule is CN(C)[C@@H]1C(=O)C(C(N)=O)=C(O)[C@@]2(O)C(=O)C3=C(O)c4c(O)cccc4[C@@](C)(O)[C@H]3[C@H](O)[C@@H]12.CN[C@@H]1[C@H](O[C@H]2[C@H](O[C@H]3[C@H](O)[C@@H](O)[C@H](N=C(N)N)[C@@H](O)[C@@H]3NC(=N)N)O[C@@H](C)[C@]2(O)C=O)O[C@@H](CO)[C@H](O)[C@H]1O. The molecular weight excluding hydrogens is 979 g/mol. The first kappa shape index (κ1) is 56.8. The number of phenolic OH excluding ortho intramolecular Hbond substituents is 1. The Balaban J connectivity index is 0.000000242. The third kappa shape index (κ3) is 9.18. The third-order valence-electron chi connectivity index (χ3n) is 14.4. The first-order valence-electron chi connectivity index (χ1n) is 22.5. The molecule has 0 spiro atoms. The summed E-state index contributed by atoms with van der Waals surface area (Å²) in [5.41, 5.74) is 12.0. The summed E-state index contributed by atoms with van der Waals surface area (Å²) in [6, 6.07) is -1.52. The number of carbonyl (C=O) groups excluding carboxylic acids is 4. The number of carbonyl (C=O) groups is 4. The molecule has 0 bridgehead atoms. The summed E-state index contributed by atoms with van der Waals surface area (Å²) in [5.74, 6) is -10.8. The first-order chi connectivity index (χ1) is 33.9. The van der Waals surface area contributed by atoms with Crippen molar-refractivity contribution in [1.29, 1.82) is 5.41 Å². The van der Waals surface area contributed by atoms with Crippen LogP contribution in [0.1, 0.15) is 25.0 Å². The van der Waals surface area contributed by atoms with E-state index in [1.807, 2.05) is 0 Å². The maximum absolute atomic E-state index is 13.7. The molecule has 30 heteroatoms. The smallest absolute Gasteiger partial charge is 0.255 e. The second-order valence-electron chi connectivity index (χ2n) is 19.0. The summed E-state index contributed by atoms with van der Waals surface area (Å²) in [5, 5.41) is 153. The predicted octanol–water partition coefficient (Wildman–Crippen LogP) is -9.35. The molecule has 2 aliphatic heterocycles. The lowest BCUT2D eigenvalue weighted by atomic mass is 9.53. The Morgan fingerprint density at radius 3 is 2.07 bits per heavy atom. The lowest BCUT2D eigenvalue weighted by Gasteiger charge is -2.55. The van der Waals surface area contributed by atoms with Crippen LogP contribution in [0.3, 0.4) is 0 Å². The number of benzene rings is 1. The summed E-state index contributed by atoms with van der Waals surface area (Å²) in [6.07, 6.45) is -19.2. The van der Waals surface area contributed by atoms with Gasteiger partial charge in [0.2, 0.25) is 5.78 Å². The highest BCUT2D eigenvalue weighted by Crippen LogP contribution is 2.57. The molecule has 0 radical (unpaired) electrons. The van der Waals surface area contributed by atoms with E-state index in [2.05, 4.69) is 15.6 Å². The van der Waals surface area contributed by atoms with E-state index in [1.54, 1.807) is 0 Å². The van der Waals surface area contributed by atoms with E-state index in [-0.39, 0.29) is 17.4 Å². The van der Waals surface area contributed by atoms with Crippen LogP contribution in [0.25, 0.3) is 5.76 Å². The highest BCUT2D eigenvalue weighted by atomic mass is 16.8. The number of likely N-dealkylation sites (N-methyl/N-ethyl adjacent to an activating group) is 2. The Hall–Kier alpha value is -5.52. The third-order valence-corrected chi connectivity index (χ3v) is 14.4. The standard InChI is InChI=1S/C22H24N2O9.C21H39N7O12/c1-21(32)7-5-4-6-8(25)9(7)15(26)10-12(21)17(28)13-14(24(2)3)16(27)11(20(23)31)19(30)22(13,33)18(10)29;1-5-21(36,4-30)16(40-17-9(26-2)13(34)10(31)6(3-29)38-17)18(37-5)39-15-8(28-20(24)25)11(32)7(27-19(22)23)12(33)14(15)35/h4-6,12-14,17,25-26,28,30,32-33H,1-3H3,(H2,23,31);4-18,26,29,31-36H,3H2,1-2H3,(H4,22,23,27)(H4,24,25,28)/t12-,13-,14+,17+,21-,22+;5-,6-,7+,8-,9-,10-,11+,12-,13-,14+,15+,16-,17-,18-,21+/m10/s1. The van der Waals surface area contributed by atoms with Crippen LogP contribution < -0.4 is 33.6 Å². The molecule has 4 fully saturated rings. The van der Waals surface area contributed by atoms with Crippen molar-refractivity contribution in [2.24, 2.45) is 39.8 Å². The van der Waals surface area contributed by atoms with Crippen LogP contribution in [0, 0.1) is 17.2 Å². The Morgan fingerprint density at radius 1 is 0.904 bits per heavy atom. The van der Waals surface area contributed by atoms with E-state index in [1.165, 1.54) is 58.1 Å². The number of phenols is 1. The zero-order valence-electron chi connectivity index (χ0n) is 39.7. The van der Waals surface area contributed by atoms with Crippen molar-refractivity contribution in [3.8, 4) is 5.75 Å². The quantitative estimate of drug-likeness (QED) is 0.0423. The number of hydrogen-bond donors (Lipinski definition) is 20. The van der Waals surface area contributed by atoms with Gasteiger partial charge in [0.25, 0.3) is 5.91 Å². The monoisotopic (exact) mass is 1040 g/mol. The number of nitrogens with two attached hydrogens (primary N) is 4. The van der Waals surface area contributed by atoms with E-state index >= 15 is 0 Å². The van der Waals surface area contributed by atoms with Crippen molar-refractivity contribution in [3.05, 3.63) is 46.2 Å². The van der Waals surface area contributed by atoms with Crippen molar-refractivity contribution < 1.29 is 105 Å². The number of aliphatic hydroxyl groups is 12. The van der Waals surface area contributed by atoms with Crippen LogP contribution in [-0.2, 0) is 43.7 Å². The zero-order valence-corrected chi connectivity index (χ0v) is 39.7. The highest BCUT2D eigenvalue weighted by Gasteiger charge is 2.70. The zero-order chi connectivity index (χ0) is 54.9. The maximum atomic E-state index is 13.7. The summed E-state index contributed by atoms with van der Waals surface area (Å²) >= 11 is 0. The minimum atomic E-state index is -3.02. The number of hydrogen-bond acceptors (Lipinski definition) is 25. The van der Waals surface area contributed by atoms with Crippen LogP contribution in [0.4, 0.5) is 0 Å². The van der Waals surface area contributed by atoms with Crippen LogP contribution in [0.5, 0.6) is 5.75 Å². The number of aliphatic hydroxyl groups excluding tert-OH is 9. The van der Waals surface area contributed by atoms with Crippen LogP contribution in [0.2, 0.25) is 0 Å². The highest BCUT2D eigenvalue weighted by molar-refractivity contribution is 6.24. The second kappa shape index (κ2) is 20.7. The molecule has 30 nitrogen and oxygen atoms in total. The summed E-state index contributed by atoms with van der Waals surface area (Å²) < 4.78 is 22.9. The average molecular weight is 1040 g/mol. The lowest BCUT2D eigenvalue weighted by Crippen LogP contribution is -2.71. The van der Waals surface area contributed by atoms with Crippen LogP contribution in [-0.4, -0.2) is 244 Å². The van der Waals surface area contributed by atoms with E-state index in [0.29, 0.717) is 0 Å². The molecule has 2 saturated heterocycles. The summed E-state index contributed by atoms with van der Waals surface area (Å²) in [7, 11) is 4.21. The molecule has 2 heterocycles. The number of nitrogens with zero attached hydrogens (tertiary/aromatic N) is 2. The van der Waals surface area contributed by atoms with Gasteiger partial charge in [0, 0.05) is 0 Å². The molecule has 73 heavy (non-hydrogen) atoms. The van der Waals surface area contributed by atoms with E-state index in [9.17, 15) is 85.6 Å². The molecule has 406 valence electrons. The number of rotatable bonds is 11. The van der Waals surface area contributed by atoms with E-state index in [0.717, 1.165) is 0 Å². The van der Waals surface area contributed by atoms with Crippen molar-refractivity contribution >= 4 is 41.4 Å². The number of fused-ring (bicyclic) bond motifs is 3. The molecular formula is C43H63N9O21. The molecule has 1 amide bonds. The number of aliphatic imine (C=N–C) groups is 1. The fourth-order valence-corrected chi connectivity index (χ4v) is 10.7. The number of guanidine groups is 2. The fraction of sp³-hybridized carbons (Fsp3) is 0.628. The molecule has 21 atom stereocenters. The van der Waals surface area contributed by atoms with Gasteiger partial charge in [-0.1, -0.05) is 12.1 Å². The van der Waals surface area contributed by atoms with Gasteiger partial charge in [0.05, 0.1) is 65.5 Å². The molecule has 0 unspecified atom stereocenters. The number of aromatic hydroxyl groups is 1. The summed E-state index contributed by atoms with van der Waals surface area (Å²) in [6.45, 7) is 1.87. The Morgan fingerprint density at radius 2 is 1.53 bits per heavy atom. The largest absolute Gasteiger partial charge is 0.508 e. The van der Waals surface area contributed by atoms with Gasteiger partial charge < -0.3 is 119 Å². The molecule has 6 aliphatic rings. The average Bonchev–Trinajstić information content (AvgIpc) is 3.54. The van der Waals surface area contributed by atoms with Gasteiger partial charge in [-0.15, -0.1) is 0 Å². The maximum Gasteiger partial charge on any atom is 0.255 e. The van der Waals surface area contributed by atoms with Gasteiger partial charge in [0.15, 0.2) is 47.8 Å². The Kier molecular flexibility index (Phi) is 16.1. The van der Waals surface area contributed by atoms with Crippen molar-refractivity contribution in [2.75, 3.05) is 27.7 Å². The number of nitrogens with one attached hydrogen (secondary N) is 3. The van der Waals surface area contributed by atoms with Gasteiger partial charge in [-0.2, -0.15) is 0 Å². The number of amides is 1. The first-order valence-corrected chi connectivity index (χ1v) is 22.5. The number of aldehydes is 1. The van der Waals surface area contributed by atoms with Gasteiger partial charge >= 0.3 is 0 Å². The molecule has 2 saturated carbocycles. The van der Waals surface area contributed by atoms with Crippen molar-refractivity contribution in [3.63, 3.8) is 0 Å². The molecule has 4 aliphatic carbocycles. The van der Waals surface area contributed by atoms with Crippen LogP contribution in [0.15, 0.2) is 40.1 Å². The van der Waals surface area contributed by atoms with Crippen molar-refractivity contribution in [2.45, 2.75) is 128 Å². The molecule has 0 aromatic heterocycles. The Bertz CT molecular complexity index is 2440. The topological polar surface area (TPSA) is 536 Å². The van der Waals surface area contributed by atoms with Gasteiger partial charge in [-0.3, -0.25) is 29.5 Å². The van der Waals surface area contributed by atoms with E-state index < -0.39 is 191 Å². The Labute approximate surface area is 414 Å². The van der Waals surface area contributed by atoms with Gasteiger partial charge in [-0.25, -0.2) is 4.99 Å². The predicted molar refractivity (Wildman–Crippen MR) is 244 cm³/mol. The number of ketones is 2. The minimum Gasteiger partial charge on any atom is -0.508 e. The second-order valence-corrected chi connectivity index (χ2v) is 19.0. The van der Waals surface area contributed by atoms with E-state index in [4.69, 9.17) is 47.3 Å². The number of primary amides is 1. The van der Waals surface area contributed by atoms with Gasteiger partial charge in [0.1, 0.15) is 77.7 Å². The lowest BCUT2D eigenvalue weighted by molar-refractivity contribution is -0.314. The van der Waals surface area contributed by atoms with Crippen molar-refractivity contribution in [1.82, 2.24) is 15.5 Å². The number of Topliss-reactive ketones (excluding diaryl/α,β-unsaturated/α-hetero) is 2. The molecule has 7 rings (SSSR count). The summed E-state index contributed by atoms with van der Waals surface area (Å²) in [4.78, 5) is 55.7. The minimum absolute atomic E-state index is 0.00664. The molecule has 24 N–H and O–H groups in total. The molecule has 1 aromatic carbocycles. The van der Waals surface area contributed by atoms with Crippen LogP contribution >= 0.6 is 0 Å². The van der Waals surface area contributed by atoms with Gasteiger partial charge in [-0.05, 0) is 46.6 Å². The normalized spacial score (nSPS) is 42.2.